The Kier molecular flexibility index (Phi) is 3.65. The van der Waals surface area contributed by atoms with Gasteiger partial charge in [0.25, 0.3) is 0 Å². The average Bonchev–Trinajstić information content (AvgIpc) is 2.03. The molecule has 1 aliphatic rings. The molecule has 76 valence electrons. The molecule has 0 heterocycles. The molecule has 0 radical (unpaired) electrons. The summed E-state index contributed by atoms with van der Waals surface area (Å²) in [5.74, 6) is -0.557. The summed E-state index contributed by atoms with van der Waals surface area (Å²) in [6.45, 7) is 0. The molecule has 0 aromatic carbocycles. The van der Waals surface area contributed by atoms with E-state index < -0.39 is 13.8 Å². The van der Waals surface area contributed by atoms with E-state index in [2.05, 4.69) is 0 Å². The average molecular weight is 204 g/mol. The van der Waals surface area contributed by atoms with Gasteiger partial charge in [-0.25, -0.2) is 0 Å². The standard InChI is InChI=1S/C8H15O4P/c9-8(6-13(10,11)12)7-4-2-1-3-5-7/h7H,1-6H2,(H2,10,11,12)/p-2. The van der Waals surface area contributed by atoms with Crippen molar-refractivity contribution in [1.82, 2.24) is 0 Å². The molecule has 0 spiro atoms. The fourth-order valence-corrected chi connectivity index (χ4v) is 2.38. The monoisotopic (exact) mass is 204 g/mol. The highest BCUT2D eigenvalue weighted by Crippen LogP contribution is 2.30. The van der Waals surface area contributed by atoms with Crippen LogP contribution in [0.1, 0.15) is 32.1 Å². The third kappa shape index (κ3) is 4.03. The molecule has 13 heavy (non-hydrogen) atoms. The summed E-state index contributed by atoms with van der Waals surface area (Å²) in [5.41, 5.74) is 0. The van der Waals surface area contributed by atoms with Crippen LogP contribution >= 0.6 is 7.60 Å². The molecule has 0 N–H and O–H groups in total. The molecular weight excluding hydrogens is 191 g/mol. The maximum Gasteiger partial charge on any atom is 0.140 e. The van der Waals surface area contributed by atoms with Crippen molar-refractivity contribution in [1.29, 1.82) is 0 Å². The lowest BCUT2D eigenvalue weighted by atomic mass is 9.87. The van der Waals surface area contributed by atoms with Crippen LogP contribution in [0.25, 0.3) is 0 Å². The molecule has 0 bridgehead atoms. The molecule has 0 saturated heterocycles. The van der Waals surface area contributed by atoms with E-state index in [0.717, 1.165) is 32.1 Å². The van der Waals surface area contributed by atoms with Gasteiger partial charge in [0.15, 0.2) is 0 Å². The largest absolute Gasteiger partial charge is 0.810 e. The normalized spacial score (nSPS) is 20.2. The zero-order chi connectivity index (χ0) is 9.90. The maximum atomic E-state index is 11.2. The number of hydrogen-bond acceptors (Lipinski definition) is 4. The summed E-state index contributed by atoms with van der Waals surface area (Å²) >= 11 is 0. The van der Waals surface area contributed by atoms with E-state index in [-0.39, 0.29) is 11.7 Å². The van der Waals surface area contributed by atoms with Crippen LogP contribution in [0.2, 0.25) is 0 Å². The van der Waals surface area contributed by atoms with Crippen molar-refractivity contribution < 1.29 is 19.1 Å². The van der Waals surface area contributed by atoms with E-state index in [1.54, 1.807) is 0 Å². The SMILES string of the molecule is O=C(CP(=O)([O-])[O-])C1CCCCC1. The third-order valence-electron chi connectivity index (χ3n) is 2.41. The summed E-state index contributed by atoms with van der Waals surface area (Å²) in [6, 6.07) is 0. The highest BCUT2D eigenvalue weighted by Gasteiger charge is 2.21. The van der Waals surface area contributed by atoms with Crippen LogP contribution < -0.4 is 9.79 Å². The summed E-state index contributed by atoms with van der Waals surface area (Å²) in [7, 11) is -4.64. The predicted octanol–water partition coefficient (Wildman–Crippen LogP) is 0.0495. The van der Waals surface area contributed by atoms with E-state index in [1.807, 2.05) is 0 Å². The first kappa shape index (κ1) is 10.9. The predicted molar refractivity (Wildman–Crippen MR) is 44.1 cm³/mol. The zero-order valence-electron chi connectivity index (χ0n) is 7.40. The van der Waals surface area contributed by atoms with Gasteiger partial charge in [-0.2, -0.15) is 0 Å². The van der Waals surface area contributed by atoms with Gasteiger partial charge in [-0.05, 0) is 12.8 Å². The van der Waals surface area contributed by atoms with Crippen molar-refractivity contribution >= 4 is 13.4 Å². The van der Waals surface area contributed by atoms with E-state index in [4.69, 9.17) is 0 Å². The Balaban J connectivity index is 2.42. The van der Waals surface area contributed by atoms with Gasteiger partial charge in [-0.1, -0.05) is 26.9 Å². The second-order valence-electron chi connectivity index (χ2n) is 3.57. The van der Waals surface area contributed by atoms with Gasteiger partial charge < -0.3 is 14.4 Å². The van der Waals surface area contributed by atoms with Crippen molar-refractivity contribution in [2.24, 2.45) is 5.92 Å². The number of carbonyl (C=O) groups excluding carboxylic acids is 1. The lowest BCUT2D eigenvalue weighted by molar-refractivity contribution is -0.312. The summed E-state index contributed by atoms with van der Waals surface area (Å²) in [6.07, 6.45) is 3.75. The van der Waals surface area contributed by atoms with Crippen LogP contribution in [0.15, 0.2) is 0 Å². The summed E-state index contributed by atoms with van der Waals surface area (Å²) < 4.78 is 10.3. The van der Waals surface area contributed by atoms with Crippen molar-refractivity contribution in [3.63, 3.8) is 0 Å². The Hall–Kier alpha value is -0.180. The fraction of sp³-hybridized carbons (Fsp3) is 0.875. The minimum absolute atomic E-state index is 0.176. The number of carbonyl (C=O) groups is 1. The number of ketones is 1. The molecule has 0 aliphatic heterocycles. The lowest BCUT2D eigenvalue weighted by Gasteiger charge is -2.31. The minimum atomic E-state index is -4.64. The summed E-state index contributed by atoms with van der Waals surface area (Å²) in [4.78, 5) is 31.9. The number of Topliss-reactive ketones (excluding diaryl/α,β-unsaturated/α-hetero) is 1. The van der Waals surface area contributed by atoms with Gasteiger partial charge in [0.2, 0.25) is 0 Å². The van der Waals surface area contributed by atoms with Gasteiger partial charge in [0.05, 0.1) is 0 Å². The molecule has 1 fully saturated rings. The van der Waals surface area contributed by atoms with Crippen molar-refractivity contribution in [2.75, 3.05) is 6.16 Å². The zero-order valence-corrected chi connectivity index (χ0v) is 8.29. The molecule has 1 saturated carbocycles. The van der Waals surface area contributed by atoms with Gasteiger partial charge >= 0.3 is 0 Å². The third-order valence-corrected chi connectivity index (χ3v) is 3.11. The first-order valence-corrected chi connectivity index (χ1v) is 6.25. The molecule has 0 atom stereocenters. The lowest BCUT2D eigenvalue weighted by Crippen LogP contribution is -2.27. The van der Waals surface area contributed by atoms with Gasteiger partial charge in [0, 0.05) is 12.1 Å². The Morgan fingerprint density at radius 3 is 2.23 bits per heavy atom. The molecule has 0 aromatic heterocycles. The fourth-order valence-electron chi connectivity index (χ4n) is 1.74. The Morgan fingerprint density at radius 1 is 1.23 bits per heavy atom. The van der Waals surface area contributed by atoms with Crippen molar-refractivity contribution in [2.45, 2.75) is 32.1 Å². The smallest absolute Gasteiger partial charge is 0.140 e. The van der Waals surface area contributed by atoms with Crippen molar-refractivity contribution in [3.8, 4) is 0 Å². The molecule has 0 amide bonds. The topological polar surface area (TPSA) is 80.3 Å². The summed E-state index contributed by atoms with van der Waals surface area (Å²) in [5, 5.41) is 0. The Morgan fingerprint density at radius 2 is 1.77 bits per heavy atom. The molecule has 0 aromatic rings. The van der Waals surface area contributed by atoms with Crippen LogP contribution in [-0.2, 0) is 9.36 Å². The van der Waals surface area contributed by atoms with Crippen LogP contribution in [0, 0.1) is 5.92 Å². The van der Waals surface area contributed by atoms with Gasteiger partial charge in [-0.15, -0.1) is 0 Å². The molecule has 1 rings (SSSR count). The van der Waals surface area contributed by atoms with Crippen LogP contribution in [0.4, 0.5) is 0 Å². The van der Waals surface area contributed by atoms with Crippen LogP contribution in [0.3, 0.4) is 0 Å². The first-order valence-electron chi connectivity index (χ1n) is 4.53. The van der Waals surface area contributed by atoms with E-state index >= 15 is 0 Å². The Bertz CT molecular complexity index is 226. The first-order chi connectivity index (χ1) is 5.99. The molecule has 5 heteroatoms. The highest BCUT2D eigenvalue weighted by atomic mass is 31.2. The maximum absolute atomic E-state index is 11.2. The minimum Gasteiger partial charge on any atom is -0.810 e. The molecule has 4 nitrogen and oxygen atoms in total. The van der Waals surface area contributed by atoms with Gasteiger partial charge in [-0.3, -0.25) is 4.79 Å². The second-order valence-corrected chi connectivity index (χ2v) is 5.11. The molecule has 0 unspecified atom stereocenters. The van der Waals surface area contributed by atoms with E-state index in [0.29, 0.717) is 0 Å². The van der Waals surface area contributed by atoms with Crippen LogP contribution in [0.5, 0.6) is 0 Å². The van der Waals surface area contributed by atoms with E-state index in [1.165, 1.54) is 0 Å². The van der Waals surface area contributed by atoms with Gasteiger partial charge in [0.1, 0.15) is 5.78 Å². The van der Waals surface area contributed by atoms with Crippen molar-refractivity contribution in [3.05, 3.63) is 0 Å². The quantitative estimate of drug-likeness (QED) is 0.608. The number of rotatable bonds is 3. The molecular formula is C8H13O4P-2. The Labute approximate surface area is 77.5 Å². The number of hydrogen-bond donors (Lipinski definition) is 0. The van der Waals surface area contributed by atoms with E-state index in [9.17, 15) is 19.1 Å². The molecule has 1 aliphatic carbocycles. The second kappa shape index (κ2) is 4.36. The van der Waals surface area contributed by atoms with Crippen LogP contribution in [-0.4, -0.2) is 11.9 Å². The highest BCUT2D eigenvalue weighted by molar-refractivity contribution is 7.49.